The molecule has 7 nitrogen and oxygen atoms in total. The van der Waals surface area contributed by atoms with Gasteiger partial charge in [-0.25, -0.2) is 4.79 Å². The number of esters is 1. The van der Waals surface area contributed by atoms with Gasteiger partial charge in [0.1, 0.15) is 11.6 Å². The molecule has 0 aliphatic rings. The van der Waals surface area contributed by atoms with Crippen LogP contribution in [0.25, 0.3) is 11.8 Å². The highest BCUT2D eigenvalue weighted by Gasteiger charge is 2.17. The Labute approximate surface area is 177 Å². The second-order valence-corrected chi connectivity index (χ2v) is 6.98. The molecule has 9 heteroatoms. The molecular weight excluding hydrogens is 415 g/mol. The van der Waals surface area contributed by atoms with E-state index < -0.39 is 5.97 Å². The maximum Gasteiger partial charge on any atom is 0.349 e. The summed E-state index contributed by atoms with van der Waals surface area (Å²) in [6.45, 7) is 5.16. The summed E-state index contributed by atoms with van der Waals surface area (Å²) in [6.07, 6.45) is 1.47. The van der Waals surface area contributed by atoms with Gasteiger partial charge in [-0.1, -0.05) is 29.3 Å². The van der Waals surface area contributed by atoms with Crippen LogP contribution in [0.15, 0.2) is 34.3 Å². The van der Waals surface area contributed by atoms with Crippen molar-refractivity contribution in [2.45, 2.75) is 27.4 Å². The Balaban J connectivity index is 1.89. The van der Waals surface area contributed by atoms with Crippen LogP contribution in [0.3, 0.4) is 0 Å². The molecule has 3 rings (SSSR count). The van der Waals surface area contributed by atoms with E-state index in [9.17, 15) is 10.1 Å². The number of carbonyl (C=O) groups is 1. The molecule has 0 saturated heterocycles. The Hall–Kier alpha value is -3.08. The van der Waals surface area contributed by atoms with E-state index in [0.29, 0.717) is 27.2 Å². The molecule has 0 atom stereocenters. The fourth-order valence-corrected chi connectivity index (χ4v) is 3.24. The second kappa shape index (κ2) is 8.52. The molecule has 0 fully saturated rings. The molecule has 2 heterocycles. The summed E-state index contributed by atoms with van der Waals surface area (Å²) in [5.41, 5.74) is 2.89. The van der Waals surface area contributed by atoms with Crippen molar-refractivity contribution in [1.82, 2.24) is 14.8 Å². The highest BCUT2D eigenvalue weighted by Crippen LogP contribution is 2.32. The van der Waals surface area contributed by atoms with Gasteiger partial charge in [0.2, 0.25) is 5.89 Å². The minimum Gasteiger partial charge on any atom is -0.451 e. The number of benzene rings is 1. The molecule has 0 bridgehead atoms. The average molecular weight is 431 g/mol. The summed E-state index contributed by atoms with van der Waals surface area (Å²) in [7, 11) is 0. The van der Waals surface area contributed by atoms with Gasteiger partial charge in [-0.3, -0.25) is 0 Å². The van der Waals surface area contributed by atoms with Gasteiger partial charge >= 0.3 is 5.97 Å². The first-order valence-electron chi connectivity index (χ1n) is 8.53. The lowest BCUT2D eigenvalue weighted by Crippen LogP contribution is -2.07. The lowest BCUT2D eigenvalue weighted by Gasteiger charge is -2.12. The van der Waals surface area contributed by atoms with Crippen LogP contribution in [0, 0.1) is 32.1 Å². The number of hydrogen-bond donors (Lipinski definition) is 0. The molecule has 0 aliphatic carbocycles. The number of ether oxygens (including phenoxy) is 1. The summed E-state index contributed by atoms with van der Waals surface area (Å²) < 4.78 is 12.1. The minimum atomic E-state index is -0.783. The normalized spacial score (nSPS) is 11.4. The molecule has 0 unspecified atom stereocenters. The summed E-state index contributed by atoms with van der Waals surface area (Å²) in [5.74, 6) is -0.268. The smallest absolute Gasteiger partial charge is 0.349 e. The molecule has 0 N–H and O–H groups in total. The van der Waals surface area contributed by atoms with Crippen LogP contribution in [-0.4, -0.2) is 20.7 Å². The van der Waals surface area contributed by atoms with E-state index in [1.165, 1.54) is 6.08 Å². The molecule has 0 aliphatic heterocycles. The second-order valence-electron chi connectivity index (χ2n) is 6.20. The highest BCUT2D eigenvalue weighted by molar-refractivity contribution is 6.43. The molecule has 3 aromatic rings. The first-order valence-corrected chi connectivity index (χ1v) is 9.28. The van der Waals surface area contributed by atoms with E-state index >= 15 is 0 Å². The van der Waals surface area contributed by atoms with Crippen molar-refractivity contribution < 1.29 is 13.9 Å². The number of aromatic nitrogens is 3. The Kier molecular flexibility index (Phi) is 6.06. The third-order valence-corrected chi connectivity index (χ3v) is 4.99. The van der Waals surface area contributed by atoms with Crippen molar-refractivity contribution in [1.29, 1.82) is 5.26 Å². The zero-order chi connectivity index (χ0) is 21.1. The molecule has 148 valence electrons. The number of nitrogens with zero attached hydrogens (tertiary/aromatic N) is 4. The lowest BCUT2D eigenvalue weighted by atomic mass is 10.1. The molecule has 0 saturated carbocycles. The SMILES string of the molecule is Cc1nnc(COC(=O)/C(C#N)=C/c2cc(C)n(-c3cccc(Cl)c3Cl)c2C)o1. The Bertz CT molecular complexity index is 1160. The molecule has 1 aromatic carbocycles. The van der Waals surface area contributed by atoms with Gasteiger partial charge in [-0.05, 0) is 43.7 Å². The Morgan fingerprint density at radius 1 is 1.31 bits per heavy atom. The first kappa shape index (κ1) is 20.6. The average Bonchev–Trinajstić information content (AvgIpc) is 3.23. The summed E-state index contributed by atoms with van der Waals surface area (Å²) in [6, 6.07) is 9.06. The number of nitriles is 1. The third-order valence-electron chi connectivity index (χ3n) is 4.18. The van der Waals surface area contributed by atoms with Crippen LogP contribution in [0.1, 0.15) is 28.7 Å². The van der Waals surface area contributed by atoms with Crippen LogP contribution >= 0.6 is 23.2 Å². The summed E-state index contributed by atoms with van der Waals surface area (Å²) >= 11 is 12.5. The van der Waals surface area contributed by atoms with E-state index in [2.05, 4.69) is 10.2 Å². The topological polar surface area (TPSA) is 93.9 Å². The molecule has 0 radical (unpaired) electrons. The van der Waals surface area contributed by atoms with Crippen molar-refractivity contribution in [2.75, 3.05) is 0 Å². The Morgan fingerprint density at radius 3 is 2.72 bits per heavy atom. The molecular formula is C20H16Cl2N4O3. The number of aryl methyl sites for hydroxylation is 2. The monoisotopic (exact) mass is 430 g/mol. The quantitative estimate of drug-likeness (QED) is 0.329. The van der Waals surface area contributed by atoms with Crippen LogP contribution in [0.2, 0.25) is 10.0 Å². The fraction of sp³-hybridized carbons (Fsp3) is 0.200. The standard InChI is InChI=1S/C20H16Cl2N4O3/c1-11-7-14(12(2)26(11)17-6-4-5-16(21)19(17)22)8-15(9-23)20(27)28-10-18-25-24-13(3)29-18/h4-8H,10H2,1-3H3/b15-8+. The number of hydrogen-bond acceptors (Lipinski definition) is 6. The maximum atomic E-state index is 12.3. The fourth-order valence-electron chi connectivity index (χ4n) is 2.86. The van der Waals surface area contributed by atoms with Gasteiger partial charge in [0, 0.05) is 18.3 Å². The van der Waals surface area contributed by atoms with E-state index in [4.69, 9.17) is 32.4 Å². The van der Waals surface area contributed by atoms with Gasteiger partial charge < -0.3 is 13.7 Å². The first-order chi connectivity index (χ1) is 13.8. The van der Waals surface area contributed by atoms with Gasteiger partial charge in [0.25, 0.3) is 5.89 Å². The largest absolute Gasteiger partial charge is 0.451 e. The van der Waals surface area contributed by atoms with Gasteiger partial charge in [0.15, 0.2) is 6.61 Å². The van der Waals surface area contributed by atoms with E-state index in [1.807, 2.05) is 36.6 Å². The van der Waals surface area contributed by atoms with Crippen molar-refractivity contribution >= 4 is 35.2 Å². The van der Waals surface area contributed by atoms with Crippen LogP contribution in [0.5, 0.6) is 0 Å². The van der Waals surface area contributed by atoms with Crippen LogP contribution in [0.4, 0.5) is 0 Å². The van der Waals surface area contributed by atoms with Crippen LogP contribution in [-0.2, 0) is 16.1 Å². The third kappa shape index (κ3) is 4.34. The van der Waals surface area contributed by atoms with Crippen LogP contribution < -0.4 is 0 Å². The maximum absolute atomic E-state index is 12.3. The number of carbonyl (C=O) groups excluding carboxylic acids is 1. The predicted octanol–water partition coefficient (Wildman–Crippen LogP) is 4.74. The minimum absolute atomic E-state index is 0.154. The zero-order valence-corrected chi connectivity index (χ0v) is 17.4. The molecule has 0 amide bonds. The Morgan fingerprint density at radius 2 is 2.07 bits per heavy atom. The molecule has 29 heavy (non-hydrogen) atoms. The number of halogens is 2. The predicted molar refractivity (Wildman–Crippen MR) is 108 cm³/mol. The molecule has 2 aromatic heterocycles. The highest BCUT2D eigenvalue weighted by atomic mass is 35.5. The molecule has 0 spiro atoms. The van der Waals surface area contributed by atoms with Crippen molar-refractivity contribution in [2.24, 2.45) is 0 Å². The zero-order valence-electron chi connectivity index (χ0n) is 15.9. The number of rotatable bonds is 5. The van der Waals surface area contributed by atoms with E-state index in [0.717, 1.165) is 11.4 Å². The van der Waals surface area contributed by atoms with Gasteiger partial charge in [-0.15, -0.1) is 10.2 Å². The van der Waals surface area contributed by atoms with E-state index in [1.54, 1.807) is 19.1 Å². The summed E-state index contributed by atoms with van der Waals surface area (Å²) in [5, 5.41) is 17.7. The van der Waals surface area contributed by atoms with Gasteiger partial charge in [-0.2, -0.15) is 5.26 Å². The van der Waals surface area contributed by atoms with Crippen molar-refractivity contribution in [3.63, 3.8) is 0 Å². The van der Waals surface area contributed by atoms with Crippen molar-refractivity contribution in [3.8, 4) is 11.8 Å². The summed E-state index contributed by atoms with van der Waals surface area (Å²) in [4.78, 5) is 12.3. The van der Waals surface area contributed by atoms with Gasteiger partial charge in [0.05, 0.1) is 15.7 Å². The lowest BCUT2D eigenvalue weighted by molar-refractivity contribution is -0.140. The van der Waals surface area contributed by atoms with E-state index in [-0.39, 0.29) is 18.1 Å². The van der Waals surface area contributed by atoms with Crippen molar-refractivity contribution in [3.05, 3.63) is 68.6 Å².